The summed E-state index contributed by atoms with van der Waals surface area (Å²) >= 11 is 0. The van der Waals surface area contributed by atoms with Crippen LogP contribution in [0, 0.1) is 0 Å². The maximum Gasteiger partial charge on any atom is -0.0181 e. The fourth-order valence-corrected chi connectivity index (χ4v) is 2.12. The Bertz CT molecular complexity index is 500. The van der Waals surface area contributed by atoms with Gasteiger partial charge < -0.3 is 0 Å². The third kappa shape index (κ3) is 2.70. The molecule has 0 aliphatic heterocycles. The minimum absolute atomic E-state index is 1.07. The number of rotatable bonds is 4. The van der Waals surface area contributed by atoms with Crippen molar-refractivity contribution >= 4 is 5.57 Å². The lowest BCUT2D eigenvalue weighted by molar-refractivity contribution is 1.13. The van der Waals surface area contributed by atoms with E-state index in [1.165, 1.54) is 22.3 Å². The van der Waals surface area contributed by atoms with E-state index in [2.05, 4.69) is 69.0 Å². The lowest BCUT2D eigenvalue weighted by Gasteiger charge is -2.09. The Kier molecular flexibility index (Phi) is 3.99. The zero-order chi connectivity index (χ0) is 13.0. The largest absolute Gasteiger partial charge is 0.0906 e. The van der Waals surface area contributed by atoms with Gasteiger partial charge >= 0.3 is 0 Å². The molecular formula is C18H20. The highest BCUT2D eigenvalue weighted by atomic mass is 14.1. The highest BCUT2D eigenvalue weighted by Gasteiger charge is 2.03. The van der Waals surface area contributed by atoms with Crippen molar-refractivity contribution in [2.75, 3.05) is 0 Å². The van der Waals surface area contributed by atoms with Crippen molar-refractivity contribution in [3.05, 3.63) is 77.4 Å². The van der Waals surface area contributed by atoms with Gasteiger partial charge in [0, 0.05) is 0 Å². The second-order valence-corrected chi connectivity index (χ2v) is 4.59. The lowest BCUT2D eigenvalue weighted by atomic mass is 9.96. The molecule has 0 atom stereocenters. The van der Waals surface area contributed by atoms with Gasteiger partial charge in [0.25, 0.3) is 0 Å². The quantitative estimate of drug-likeness (QED) is 0.710. The van der Waals surface area contributed by atoms with Gasteiger partial charge in [-0.05, 0) is 40.7 Å². The zero-order valence-electron chi connectivity index (χ0n) is 11.2. The SMILES string of the molecule is C=C(c1cccc(CC)c1)c1cccc(CC)c1. The predicted molar refractivity (Wildman–Crippen MR) is 79.8 cm³/mol. The summed E-state index contributed by atoms with van der Waals surface area (Å²) in [6.45, 7) is 8.61. The first-order valence-corrected chi connectivity index (χ1v) is 6.62. The highest BCUT2D eigenvalue weighted by Crippen LogP contribution is 2.23. The van der Waals surface area contributed by atoms with Crippen LogP contribution >= 0.6 is 0 Å². The molecule has 0 radical (unpaired) electrons. The van der Waals surface area contributed by atoms with Crippen molar-refractivity contribution in [3.63, 3.8) is 0 Å². The van der Waals surface area contributed by atoms with Crippen LogP contribution in [0.1, 0.15) is 36.1 Å². The van der Waals surface area contributed by atoms with E-state index in [0.717, 1.165) is 18.4 Å². The van der Waals surface area contributed by atoms with E-state index in [1.807, 2.05) is 0 Å². The normalized spacial score (nSPS) is 10.3. The Hall–Kier alpha value is -1.82. The molecule has 0 heterocycles. The third-order valence-corrected chi connectivity index (χ3v) is 3.37. The molecule has 0 nitrogen and oxygen atoms in total. The monoisotopic (exact) mass is 236 g/mol. The average molecular weight is 236 g/mol. The second-order valence-electron chi connectivity index (χ2n) is 4.59. The first kappa shape index (κ1) is 12.6. The second kappa shape index (κ2) is 5.68. The minimum atomic E-state index is 1.07. The summed E-state index contributed by atoms with van der Waals surface area (Å²) in [4.78, 5) is 0. The third-order valence-electron chi connectivity index (χ3n) is 3.37. The van der Waals surface area contributed by atoms with Crippen LogP contribution in [0.3, 0.4) is 0 Å². The fourth-order valence-electron chi connectivity index (χ4n) is 2.12. The molecule has 0 saturated heterocycles. The average Bonchev–Trinajstić information content (AvgIpc) is 2.46. The van der Waals surface area contributed by atoms with E-state index in [4.69, 9.17) is 0 Å². The van der Waals surface area contributed by atoms with Gasteiger partial charge in [0.05, 0.1) is 0 Å². The zero-order valence-corrected chi connectivity index (χ0v) is 11.2. The van der Waals surface area contributed by atoms with Crippen LogP contribution in [0.5, 0.6) is 0 Å². The summed E-state index contributed by atoms with van der Waals surface area (Å²) in [7, 11) is 0. The summed E-state index contributed by atoms with van der Waals surface area (Å²) in [6, 6.07) is 17.3. The molecule has 18 heavy (non-hydrogen) atoms. The van der Waals surface area contributed by atoms with E-state index in [1.54, 1.807) is 0 Å². The molecule has 0 unspecified atom stereocenters. The summed E-state index contributed by atoms with van der Waals surface area (Å²) in [5.74, 6) is 0. The topological polar surface area (TPSA) is 0 Å². The van der Waals surface area contributed by atoms with E-state index < -0.39 is 0 Å². The van der Waals surface area contributed by atoms with Gasteiger partial charge in [0.2, 0.25) is 0 Å². The van der Waals surface area contributed by atoms with E-state index in [0.29, 0.717) is 0 Å². The Morgan fingerprint density at radius 3 is 1.67 bits per heavy atom. The standard InChI is InChI=1S/C18H20/c1-4-15-8-6-10-17(12-15)14(3)18-11-7-9-16(5-2)13-18/h6-13H,3-5H2,1-2H3. The summed E-state index contributed by atoms with van der Waals surface area (Å²) in [5.41, 5.74) is 6.28. The van der Waals surface area contributed by atoms with Gasteiger partial charge in [-0.25, -0.2) is 0 Å². The first-order valence-electron chi connectivity index (χ1n) is 6.62. The van der Waals surface area contributed by atoms with Crippen LogP contribution < -0.4 is 0 Å². The Morgan fingerprint density at radius 2 is 1.28 bits per heavy atom. The number of hydrogen-bond donors (Lipinski definition) is 0. The molecule has 0 N–H and O–H groups in total. The number of benzene rings is 2. The van der Waals surface area contributed by atoms with Crippen molar-refractivity contribution < 1.29 is 0 Å². The molecule has 2 aromatic rings. The summed E-state index contributed by atoms with van der Waals surface area (Å²) in [5, 5.41) is 0. The molecule has 0 aliphatic rings. The van der Waals surface area contributed by atoms with Gasteiger partial charge in [0.1, 0.15) is 0 Å². The molecule has 0 fully saturated rings. The predicted octanol–water partition coefficient (Wildman–Crippen LogP) is 4.87. The van der Waals surface area contributed by atoms with Crippen molar-refractivity contribution in [3.8, 4) is 0 Å². The summed E-state index contributed by atoms with van der Waals surface area (Å²) in [6.07, 6.45) is 2.13. The van der Waals surface area contributed by atoms with Gasteiger partial charge in [-0.15, -0.1) is 0 Å². The molecule has 0 aliphatic carbocycles. The van der Waals surface area contributed by atoms with Crippen molar-refractivity contribution in [1.29, 1.82) is 0 Å². The molecular weight excluding hydrogens is 216 g/mol. The molecule has 0 amide bonds. The van der Waals surface area contributed by atoms with Crippen LogP contribution in [-0.4, -0.2) is 0 Å². The van der Waals surface area contributed by atoms with Crippen molar-refractivity contribution in [2.45, 2.75) is 26.7 Å². The Balaban J connectivity index is 2.34. The van der Waals surface area contributed by atoms with Crippen LogP contribution in [-0.2, 0) is 12.8 Å². The first-order chi connectivity index (χ1) is 8.74. The number of aryl methyl sites for hydroxylation is 2. The maximum absolute atomic E-state index is 4.25. The molecule has 0 spiro atoms. The maximum atomic E-state index is 4.25. The molecule has 0 heteroatoms. The molecule has 0 aromatic heterocycles. The van der Waals surface area contributed by atoms with Gasteiger partial charge in [-0.2, -0.15) is 0 Å². The lowest BCUT2D eigenvalue weighted by Crippen LogP contribution is -1.90. The van der Waals surface area contributed by atoms with E-state index in [9.17, 15) is 0 Å². The smallest absolute Gasteiger partial charge is 0.0181 e. The molecule has 0 bridgehead atoms. The van der Waals surface area contributed by atoms with E-state index in [-0.39, 0.29) is 0 Å². The van der Waals surface area contributed by atoms with Gasteiger partial charge in [-0.1, -0.05) is 69.0 Å². The molecule has 92 valence electrons. The van der Waals surface area contributed by atoms with E-state index >= 15 is 0 Å². The number of hydrogen-bond acceptors (Lipinski definition) is 0. The molecule has 0 saturated carbocycles. The van der Waals surface area contributed by atoms with Crippen molar-refractivity contribution in [2.24, 2.45) is 0 Å². The summed E-state index contributed by atoms with van der Waals surface area (Å²) < 4.78 is 0. The minimum Gasteiger partial charge on any atom is -0.0906 e. The molecule has 2 aromatic carbocycles. The Morgan fingerprint density at radius 1 is 0.833 bits per heavy atom. The van der Waals surface area contributed by atoms with Crippen LogP contribution in [0.15, 0.2) is 55.1 Å². The van der Waals surface area contributed by atoms with Crippen LogP contribution in [0.25, 0.3) is 5.57 Å². The molecule has 2 rings (SSSR count). The fraction of sp³-hybridized carbons (Fsp3) is 0.222. The van der Waals surface area contributed by atoms with Crippen molar-refractivity contribution in [1.82, 2.24) is 0 Å². The van der Waals surface area contributed by atoms with Crippen LogP contribution in [0.2, 0.25) is 0 Å². The van der Waals surface area contributed by atoms with Gasteiger partial charge in [-0.3, -0.25) is 0 Å². The highest BCUT2D eigenvalue weighted by molar-refractivity contribution is 5.78. The van der Waals surface area contributed by atoms with Gasteiger partial charge in [0.15, 0.2) is 0 Å². The Labute approximate surface area is 110 Å². The van der Waals surface area contributed by atoms with Crippen LogP contribution in [0.4, 0.5) is 0 Å².